The highest BCUT2D eigenvalue weighted by Gasteiger charge is 2.24. The van der Waals surface area contributed by atoms with Gasteiger partial charge in [-0.2, -0.15) is 0 Å². The van der Waals surface area contributed by atoms with Gasteiger partial charge in [0.25, 0.3) is 0 Å². The second-order valence-electron chi connectivity index (χ2n) is 6.68. The second kappa shape index (κ2) is 6.77. The number of hydrogen-bond acceptors (Lipinski definition) is 2. The molecule has 0 saturated heterocycles. The van der Waals surface area contributed by atoms with Crippen molar-refractivity contribution in [1.82, 2.24) is 4.98 Å². The number of benzene rings is 3. The predicted molar refractivity (Wildman–Crippen MR) is 110 cm³/mol. The van der Waals surface area contributed by atoms with Crippen LogP contribution in [0.3, 0.4) is 0 Å². The number of pyridine rings is 1. The molecule has 2 heterocycles. The Morgan fingerprint density at radius 3 is 2.39 bits per heavy atom. The number of aromatic nitrogens is 1. The second-order valence-corrected chi connectivity index (χ2v) is 7.12. The van der Waals surface area contributed by atoms with Crippen LogP contribution < -0.4 is 4.74 Å². The van der Waals surface area contributed by atoms with Crippen LogP contribution in [0.2, 0.25) is 5.02 Å². The lowest BCUT2D eigenvalue weighted by atomic mass is 9.92. The Morgan fingerprint density at radius 2 is 1.61 bits per heavy atom. The van der Waals surface area contributed by atoms with Crippen molar-refractivity contribution in [3.05, 3.63) is 95.3 Å². The van der Waals surface area contributed by atoms with E-state index in [-0.39, 0.29) is 5.82 Å². The van der Waals surface area contributed by atoms with Crippen molar-refractivity contribution in [3.63, 3.8) is 0 Å². The van der Waals surface area contributed by atoms with Gasteiger partial charge in [0, 0.05) is 21.7 Å². The van der Waals surface area contributed by atoms with Gasteiger partial charge in [-0.05, 0) is 59.7 Å². The van der Waals surface area contributed by atoms with E-state index in [2.05, 4.69) is 12.1 Å². The van der Waals surface area contributed by atoms with Crippen LogP contribution in [0.5, 0.6) is 5.75 Å². The van der Waals surface area contributed by atoms with Crippen molar-refractivity contribution < 1.29 is 9.13 Å². The number of nitrogens with zero attached hydrogens (tertiary/aromatic N) is 1. The van der Waals surface area contributed by atoms with Crippen LogP contribution in [0.25, 0.3) is 33.6 Å². The monoisotopic (exact) mass is 387 g/mol. The quantitative estimate of drug-likeness (QED) is 0.378. The molecule has 3 aromatic carbocycles. The summed E-state index contributed by atoms with van der Waals surface area (Å²) in [5.41, 5.74) is 6.52. The summed E-state index contributed by atoms with van der Waals surface area (Å²) >= 11 is 6.25. The van der Waals surface area contributed by atoms with Crippen LogP contribution >= 0.6 is 11.6 Å². The van der Waals surface area contributed by atoms with E-state index >= 15 is 0 Å². The largest absolute Gasteiger partial charge is 0.488 e. The molecule has 0 N–H and O–H groups in total. The van der Waals surface area contributed by atoms with E-state index < -0.39 is 0 Å². The van der Waals surface area contributed by atoms with E-state index in [0.717, 1.165) is 45.0 Å². The van der Waals surface area contributed by atoms with Gasteiger partial charge >= 0.3 is 0 Å². The average molecular weight is 388 g/mol. The van der Waals surface area contributed by atoms with Crippen LogP contribution in [-0.2, 0) is 6.61 Å². The van der Waals surface area contributed by atoms with Gasteiger partial charge in [-0.1, -0.05) is 41.9 Å². The van der Waals surface area contributed by atoms with Crippen molar-refractivity contribution in [1.29, 1.82) is 0 Å². The zero-order chi connectivity index (χ0) is 19.1. The Kier molecular flexibility index (Phi) is 4.10. The van der Waals surface area contributed by atoms with E-state index in [1.54, 1.807) is 12.1 Å². The summed E-state index contributed by atoms with van der Waals surface area (Å²) in [5, 5.41) is 0.630. The first kappa shape index (κ1) is 17.0. The van der Waals surface area contributed by atoms with Gasteiger partial charge in [-0.15, -0.1) is 0 Å². The molecule has 0 aliphatic carbocycles. The minimum absolute atomic E-state index is 0.268. The highest BCUT2D eigenvalue weighted by molar-refractivity contribution is 6.31. The first-order chi connectivity index (χ1) is 13.7. The first-order valence-corrected chi connectivity index (χ1v) is 9.35. The summed E-state index contributed by atoms with van der Waals surface area (Å²) in [6.07, 6.45) is 0. The first-order valence-electron chi connectivity index (χ1n) is 8.97. The van der Waals surface area contributed by atoms with Crippen LogP contribution in [-0.4, -0.2) is 4.98 Å². The average Bonchev–Trinajstić information content (AvgIpc) is 2.74. The summed E-state index contributed by atoms with van der Waals surface area (Å²) in [6.45, 7) is 0.435. The molecule has 0 bridgehead atoms. The van der Waals surface area contributed by atoms with E-state index in [4.69, 9.17) is 21.3 Å². The van der Waals surface area contributed by atoms with Gasteiger partial charge < -0.3 is 4.74 Å². The van der Waals surface area contributed by atoms with Crippen LogP contribution in [0, 0.1) is 5.82 Å². The van der Waals surface area contributed by atoms with Gasteiger partial charge in [0.2, 0.25) is 0 Å². The van der Waals surface area contributed by atoms with Crippen molar-refractivity contribution in [3.8, 4) is 39.4 Å². The molecule has 1 aliphatic heterocycles. The standard InChI is InChI=1S/C24H15ClFNO/c25-17-8-11-23-20(12-17)24-21(14-28-23)19(15-4-2-1-3-5-15)13-22(27-24)16-6-9-18(26)10-7-16/h1-13H,14H2. The number of hydrogen-bond donors (Lipinski definition) is 0. The van der Waals surface area contributed by atoms with E-state index in [9.17, 15) is 4.39 Å². The molecular weight excluding hydrogens is 373 g/mol. The summed E-state index contributed by atoms with van der Waals surface area (Å²) < 4.78 is 19.4. The molecule has 0 amide bonds. The molecule has 4 heteroatoms. The maximum Gasteiger partial charge on any atom is 0.129 e. The molecule has 136 valence electrons. The zero-order valence-electron chi connectivity index (χ0n) is 14.8. The molecule has 0 radical (unpaired) electrons. The Labute approximate surface area is 167 Å². The van der Waals surface area contributed by atoms with Crippen molar-refractivity contribution >= 4 is 11.6 Å². The van der Waals surface area contributed by atoms with Gasteiger partial charge in [0.15, 0.2) is 0 Å². The lowest BCUT2D eigenvalue weighted by Crippen LogP contribution is -2.09. The Hall–Kier alpha value is -3.17. The minimum atomic E-state index is -0.268. The molecule has 0 spiro atoms. The van der Waals surface area contributed by atoms with E-state index in [0.29, 0.717) is 11.6 Å². The fourth-order valence-corrected chi connectivity index (χ4v) is 3.72. The van der Waals surface area contributed by atoms with Gasteiger partial charge in [0.05, 0.1) is 11.4 Å². The number of rotatable bonds is 2. The topological polar surface area (TPSA) is 22.1 Å². The molecule has 4 aromatic rings. The summed E-state index contributed by atoms with van der Waals surface area (Å²) in [5.74, 6) is 0.496. The molecule has 2 nitrogen and oxygen atoms in total. The van der Waals surface area contributed by atoms with Crippen LogP contribution in [0.1, 0.15) is 5.56 Å². The molecule has 0 saturated carbocycles. The third kappa shape index (κ3) is 2.94. The minimum Gasteiger partial charge on any atom is -0.488 e. The number of fused-ring (bicyclic) bond motifs is 3. The number of ether oxygens (including phenoxy) is 1. The molecule has 0 unspecified atom stereocenters. The Bertz CT molecular complexity index is 1170. The lowest BCUT2D eigenvalue weighted by Gasteiger charge is -2.24. The highest BCUT2D eigenvalue weighted by Crippen LogP contribution is 2.43. The van der Waals surface area contributed by atoms with Crippen molar-refractivity contribution in [2.75, 3.05) is 0 Å². The zero-order valence-corrected chi connectivity index (χ0v) is 15.6. The summed E-state index contributed by atoms with van der Waals surface area (Å²) in [7, 11) is 0. The summed E-state index contributed by atoms with van der Waals surface area (Å²) in [6, 6.07) is 24.1. The summed E-state index contributed by atoms with van der Waals surface area (Å²) in [4.78, 5) is 4.92. The molecule has 5 rings (SSSR count). The maximum absolute atomic E-state index is 13.4. The fraction of sp³-hybridized carbons (Fsp3) is 0.0417. The number of halogens is 2. The highest BCUT2D eigenvalue weighted by atomic mass is 35.5. The Morgan fingerprint density at radius 1 is 0.821 bits per heavy atom. The van der Waals surface area contributed by atoms with Crippen LogP contribution in [0.15, 0.2) is 78.9 Å². The van der Waals surface area contributed by atoms with Crippen LogP contribution in [0.4, 0.5) is 4.39 Å². The van der Waals surface area contributed by atoms with E-state index in [1.807, 2.05) is 42.5 Å². The van der Waals surface area contributed by atoms with Crippen molar-refractivity contribution in [2.24, 2.45) is 0 Å². The van der Waals surface area contributed by atoms with Gasteiger partial charge in [-0.25, -0.2) is 9.37 Å². The SMILES string of the molecule is Fc1ccc(-c2cc(-c3ccccc3)c3c(n2)-c2cc(Cl)ccc2OC3)cc1. The molecule has 0 atom stereocenters. The third-order valence-corrected chi connectivity index (χ3v) is 5.15. The third-order valence-electron chi connectivity index (χ3n) is 4.92. The Balaban J connectivity index is 1.80. The smallest absolute Gasteiger partial charge is 0.129 e. The maximum atomic E-state index is 13.4. The molecule has 0 fully saturated rings. The van der Waals surface area contributed by atoms with Gasteiger partial charge in [0.1, 0.15) is 18.2 Å². The van der Waals surface area contributed by atoms with E-state index in [1.165, 1.54) is 12.1 Å². The fourth-order valence-electron chi connectivity index (χ4n) is 3.55. The van der Waals surface area contributed by atoms with Gasteiger partial charge in [-0.3, -0.25) is 0 Å². The van der Waals surface area contributed by atoms with Crippen molar-refractivity contribution in [2.45, 2.75) is 6.61 Å². The molecular formula is C24H15ClFNO. The molecule has 1 aliphatic rings. The normalized spacial score (nSPS) is 12.1. The lowest BCUT2D eigenvalue weighted by molar-refractivity contribution is 0.302. The molecule has 1 aromatic heterocycles. The molecule has 28 heavy (non-hydrogen) atoms. The predicted octanol–water partition coefficient (Wildman–Crippen LogP) is 6.77.